The maximum Gasteiger partial charge on any atom is 0.224 e. The van der Waals surface area contributed by atoms with Crippen LogP contribution in [0.4, 0.5) is 0 Å². The number of halogens is 2. The van der Waals surface area contributed by atoms with Crippen molar-refractivity contribution in [2.45, 2.75) is 25.9 Å². The third-order valence-electron chi connectivity index (χ3n) is 4.56. The first kappa shape index (κ1) is 21.9. The highest BCUT2D eigenvalue weighted by atomic mass is 35.5. The van der Waals surface area contributed by atoms with E-state index in [9.17, 15) is 9.59 Å². The van der Waals surface area contributed by atoms with Crippen LogP contribution in [0.25, 0.3) is 0 Å². The molecule has 0 bridgehead atoms. The van der Waals surface area contributed by atoms with Crippen LogP contribution in [-0.4, -0.2) is 11.8 Å². The highest BCUT2D eigenvalue weighted by Crippen LogP contribution is 2.11. The minimum atomic E-state index is -0.0455. The molecule has 3 aromatic carbocycles. The Labute approximate surface area is 186 Å². The molecule has 3 rings (SSSR count). The van der Waals surface area contributed by atoms with Crippen LogP contribution >= 0.6 is 23.2 Å². The zero-order chi connectivity index (χ0) is 21.3. The quantitative estimate of drug-likeness (QED) is 0.532. The number of carbonyl (C=O) groups excluding carboxylic acids is 2. The van der Waals surface area contributed by atoms with Gasteiger partial charge in [-0.05, 0) is 46.5 Å². The first-order valence-electron chi connectivity index (χ1n) is 9.58. The van der Waals surface area contributed by atoms with E-state index in [1.807, 2.05) is 48.5 Å². The van der Waals surface area contributed by atoms with Gasteiger partial charge in [-0.3, -0.25) is 9.59 Å². The molecule has 0 atom stereocenters. The zero-order valence-corrected chi connectivity index (χ0v) is 17.8. The summed E-state index contributed by atoms with van der Waals surface area (Å²) in [5.74, 6) is -0.0910. The molecule has 0 aromatic heterocycles. The molecule has 0 saturated heterocycles. The maximum atomic E-state index is 12.1. The third kappa shape index (κ3) is 7.21. The van der Waals surface area contributed by atoms with Gasteiger partial charge < -0.3 is 10.6 Å². The van der Waals surface area contributed by atoms with Crippen molar-refractivity contribution < 1.29 is 9.59 Å². The van der Waals surface area contributed by atoms with Crippen molar-refractivity contribution in [2.24, 2.45) is 0 Å². The topological polar surface area (TPSA) is 58.2 Å². The van der Waals surface area contributed by atoms with E-state index < -0.39 is 0 Å². The van der Waals surface area contributed by atoms with Gasteiger partial charge in [0, 0.05) is 23.1 Å². The molecule has 0 radical (unpaired) electrons. The molecule has 154 valence electrons. The van der Waals surface area contributed by atoms with Crippen molar-refractivity contribution in [2.75, 3.05) is 0 Å². The maximum absolute atomic E-state index is 12.1. The molecule has 0 spiro atoms. The number of hydrogen-bond acceptors (Lipinski definition) is 2. The summed E-state index contributed by atoms with van der Waals surface area (Å²) < 4.78 is 0. The Bertz CT molecular complexity index is 903. The van der Waals surface area contributed by atoms with Gasteiger partial charge in [0.1, 0.15) is 0 Å². The monoisotopic (exact) mass is 440 g/mol. The number of hydrogen-bond donors (Lipinski definition) is 2. The molecule has 4 nitrogen and oxygen atoms in total. The van der Waals surface area contributed by atoms with Gasteiger partial charge >= 0.3 is 0 Å². The molecule has 0 aliphatic carbocycles. The molecular weight excluding hydrogens is 419 g/mol. The standard InChI is InChI=1S/C24H22Cl2N2O2/c25-21-9-5-17(6-10-21)13-23(29)27-15-19-1-2-20(4-3-19)16-28-24(30)14-18-7-11-22(26)12-8-18/h1-12H,13-16H2,(H,27,29)(H,28,30). The minimum absolute atomic E-state index is 0.0455. The van der Waals surface area contributed by atoms with Crippen molar-refractivity contribution in [3.63, 3.8) is 0 Å². The van der Waals surface area contributed by atoms with Gasteiger partial charge in [-0.25, -0.2) is 0 Å². The average Bonchev–Trinajstić information content (AvgIpc) is 2.75. The second kappa shape index (κ2) is 10.8. The van der Waals surface area contributed by atoms with Gasteiger partial charge in [0.2, 0.25) is 11.8 Å². The lowest BCUT2D eigenvalue weighted by Crippen LogP contribution is -2.25. The van der Waals surface area contributed by atoms with Gasteiger partial charge in [-0.15, -0.1) is 0 Å². The second-order valence-corrected chi connectivity index (χ2v) is 7.85. The molecule has 0 saturated carbocycles. The lowest BCUT2D eigenvalue weighted by Gasteiger charge is -2.08. The molecule has 0 unspecified atom stereocenters. The van der Waals surface area contributed by atoms with Crippen LogP contribution in [0.5, 0.6) is 0 Å². The Kier molecular flexibility index (Phi) is 7.89. The van der Waals surface area contributed by atoms with E-state index in [1.54, 1.807) is 24.3 Å². The van der Waals surface area contributed by atoms with Crippen molar-refractivity contribution in [1.29, 1.82) is 0 Å². The van der Waals surface area contributed by atoms with Gasteiger partial charge in [0.05, 0.1) is 12.8 Å². The molecule has 0 aliphatic heterocycles. The van der Waals surface area contributed by atoms with Crippen LogP contribution in [0, 0.1) is 0 Å². The largest absolute Gasteiger partial charge is 0.352 e. The number of nitrogens with one attached hydrogen (secondary N) is 2. The normalized spacial score (nSPS) is 10.5. The molecule has 6 heteroatoms. The van der Waals surface area contributed by atoms with Crippen molar-refractivity contribution in [1.82, 2.24) is 10.6 Å². The highest BCUT2D eigenvalue weighted by molar-refractivity contribution is 6.30. The lowest BCUT2D eigenvalue weighted by molar-refractivity contribution is -0.121. The fraction of sp³-hybridized carbons (Fsp3) is 0.167. The molecular formula is C24H22Cl2N2O2. The van der Waals surface area contributed by atoms with E-state index in [0.717, 1.165) is 22.3 Å². The van der Waals surface area contributed by atoms with Crippen LogP contribution in [0.15, 0.2) is 72.8 Å². The molecule has 3 aromatic rings. The summed E-state index contributed by atoms with van der Waals surface area (Å²) in [7, 11) is 0. The number of benzene rings is 3. The summed E-state index contributed by atoms with van der Waals surface area (Å²) in [6.45, 7) is 0.908. The molecule has 2 N–H and O–H groups in total. The van der Waals surface area contributed by atoms with Gasteiger partial charge in [-0.2, -0.15) is 0 Å². The molecule has 2 amide bonds. The first-order chi connectivity index (χ1) is 14.5. The summed E-state index contributed by atoms with van der Waals surface area (Å²) in [6, 6.07) is 22.3. The average molecular weight is 441 g/mol. The Morgan fingerprint density at radius 1 is 0.533 bits per heavy atom. The number of amides is 2. The predicted octanol–water partition coefficient (Wildman–Crippen LogP) is 4.71. The minimum Gasteiger partial charge on any atom is -0.352 e. The van der Waals surface area contributed by atoms with Crippen molar-refractivity contribution in [3.8, 4) is 0 Å². The van der Waals surface area contributed by atoms with Crippen LogP contribution in [0.3, 0.4) is 0 Å². The number of rotatable bonds is 8. The summed E-state index contributed by atoms with van der Waals surface area (Å²) in [5.41, 5.74) is 3.83. The fourth-order valence-corrected chi connectivity index (χ4v) is 3.13. The Morgan fingerprint density at radius 3 is 1.17 bits per heavy atom. The zero-order valence-electron chi connectivity index (χ0n) is 16.3. The van der Waals surface area contributed by atoms with Crippen LogP contribution in [0.2, 0.25) is 10.0 Å². The smallest absolute Gasteiger partial charge is 0.224 e. The molecule has 0 fully saturated rings. The van der Waals surface area contributed by atoms with E-state index >= 15 is 0 Å². The Morgan fingerprint density at radius 2 is 0.833 bits per heavy atom. The molecule has 0 heterocycles. The SMILES string of the molecule is O=C(Cc1ccc(Cl)cc1)NCc1ccc(CNC(=O)Cc2ccc(Cl)cc2)cc1. The summed E-state index contributed by atoms with van der Waals surface area (Å²) in [4.78, 5) is 24.2. The van der Waals surface area contributed by atoms with Gasteiger partial charge in [0.25, 0.3) is 0 Å². The van der Waals surface area contributed by atoms with E-state index in [1.165, 1.54) is 0 Å². The molecule has 0 aliphatic rings. The van der Waals surface area contributed by atoms with Crippen LogP contribution < -0.4 is 10.6 Å². The lowest BCUT2D eigenvalue weighted by atomic mass is 10.1. The predicted molar refractivity (Wildman–Crippen MR) is 120 cm³/mol. The van der Waals surface area contributed by atoms with Crippen LogP contribution in [-0.2, 0) is 35.5 Å². The van der Waals surface area contributed by atoms with E-state index in [0.29, 0.717) is 36.0 Å². The second-order valence-electron chi connectivity index (χ2n) is 6.98. The summed E-state index contributed by atoms with van der Waals surface area (Å²) in [5, 5.41) is 7.13. The van der Waals surface area contributed by atoms with Gasteiger partial charge in [0.15, 0.2) is 0 Å². The first-order valence-corrected chi connectivity index (χ1v) is 10.3. The van der Waals surface area contributed by atoms with Crippen molar-refractivity contribution >= 4 is 35.0 Å². The molecule has 30 heavy (non-hydrogen) atoms. The van der Waals surface area contributed by atoms with E-state index in [2.05, 4.69) is 10.6 Å². The van der Waals surface area contributed by atoms with Crippen molar-refractivity contribution in [3.05, 3.63) is 105 Å². The third-order valence-corrected chi connectivity index (χ3v) is 5.06. The Balaban J connectivity index is 1.40. The van der Waals surface area contributed by atoms with Gasteiger partial charge in [-0.1, -0.05) is 71.7 Å². The van der Waals surface area contributed by atoms with E-state index in [4.69, 9.17) is 23.2 Å². The fourth-order valence-electron chi connectivity index (χ4n) is 2.88. The van der Waals surface area contributed by atoms with E-state index in [-0.39, 0.29) is 11.8 Å². The van der Waals surface area contributed by atoms with Crippen LogP contribution in [0.1, 0.15) is 22.3 Å². The Hall–Kier alpha value is -2.82. The highest BCUT2D eigenvalue weighted by Gasteiger charge is 2.05. The number of carbonyl (C=O) groups is 2. The summed E-state index contributed by atoms with van der Waals surface area (Å²) in [6.07, 6.45) is 0.629. The summed E-state index contributed by atoms with van der Waals surface area (Å²) >= 11 is 11.7.